The molecule has 0 bridgehead atoms. The van der Waals surface area contributed by atoms with Crippen molar-refractivity contribution < 1.29 is 0 Å². The Morgan fingerprint density at radius 2 is 1.03 bits per heavy atom. The van der Waals surface area contributed by atoms with Crippen LogP contribution in [0.25, 0.3) is 44.4 Å². The minimum atomic E-state index is -0.219. The molecule has 2 aliphatic carbocycles. The predicted molar refractivity (Wildman–Crippen MR) is 274 cm³/mol. The van der Waals surface area contributed by atoms with Crippen LogP contribution in [0.3, 0.4) is 0 Å². The largest absolute Gasteiger partial charge is 0.375 e. The van der Waals surface area contributed by atoms with Gasteiger partial charge in [-0.3, -0.25) is 0 Å². The Balaban J connectivity index is 1.28. The topological polar surface area (TPSA) is 8.17 Å². The molecule has 0 amide bonds. The first kappa shape index (κ1) is 39.5. The second kappa shape index (κ2) is 12.6. The van der Waals surface area contributed by atoms with Crippen LogP contribution in [0.1, 0.15) is 128 Å². The van der Waals surface area contributed by atoms with Crippen molar-refractivity contribution in [1.29, 1.82) is 0 Å². The summed E-state index contributed by atoms with van der Waals surface area (Å²) in [4.78, 5) is 2.70. The van der Waals surface area contributed by atoms with Crippen molar-refractivity contribution in [2.24, 2.45) is 0 Å². The molecule has 1 aromatic heterocycles. The highest BCUT2D eigenvalue weighted by Crippen LogP contribution is 2.58. The number of hydrogen-bond acceptors (Lipinski definition) is 1. The molecule has 2 nitrogen and oxygen atoms in total. The Morgan fingerprint density at radius 1 is 0.438 bits per heavy atom. The zero-order chi connectivity index (χ0) is 44.6. The van der Waals surface area contributed by atoms with Gasteiger partial charge in [0, 0.05) is 60.9 Å². The number of benzene rings is 7. The van der Waals surface area contributed by atoms with Gasteiger partial charge in [-0.25, -0.2) is 0 Å². The molecule has 316 valence electrons. The van der Waals surface area contributed by atoms with Gasteiger partial charge >= 0.3 is 6.85 Å². The highest BCUT2D eigenvalue weighted by molar-refractivity contribution is 6.89. The lowest BCUT2D eigenvalue weighted by molar-refractivity contribution is 0.521. The van der Waals surface area contributed by atoms with Crippen LogP contribution in [0.5, 0.6) is 0 Å². The van der Waals surface area contributed by atoms with Gasteiger partial charge in [0.25, 0.3) is 0 Å². The van der Waals surface area contributed by atoms with E-state index >= 15 is 0 Å². The molecule has 8 aromatic rings. The summed E-state index contributed by atoms with van der Waals surface area (Å²) in [6.07, 6.45) is 0. The van der Waals surface area contributed by atoms with E-state index in [9.17, 15) is 0 Å². The summed E-state index contributed by atoms with van der Waals surface area (Å²) in [5, 5.41) is 1.38. The molecule has 0 radical (unpaired) electrons. The van der Waals surface area contributed by atoms with E-state index in [4.69, 9.17) is 0 Å². The van der Waals surface area contributed by atoms with E-state index in [1.165, 1.54) is 117 Å². The molecule has 0 N–H and O–H groups in total. The minimum Gasteiger partial charge on any atom is -0.375 e. The molecule has 2 aliphatic heterocycles. The summed E-state index contributed by atoms with van der Waals surface area (Å²) in [6.45, 7) is 28.8. The van der Waals surface area contributed by atoms with Crippen molar-refractivity contribution in [2.45, 2.75) is 110 Å². The standard InChI is InChI=1S/C61H59BN2/c1-57(2,3)37-29-30-50(42(31-37)36-21-14-13-15-22-36)63-51-35-48-47(59(7,8)45-27-18-19-28-46(45)60(48,9)10)34-49(51)62-54-43(32-38(33-52(54)63)58(4,5)6)39-24-20-25-41-53-56(64(62)55(39)41)40-23-16-17-26-44(40)61(53,11)12/h13-35H,1-12H3. The van der Waals surface area contributed by atoms with Crippen molar-refractivity contribution in [3.05, 3.63) is 184 Å². The molecule has 0 fully saturated rings. The lowest BCUT2D eigenvalue weighted by Gasteiger charge is -2.47. The average molecular weight is 831 g/mol. The zero-order valence-electron chi connectivity index (χ0n) is 39.8. The maximum atomic E-state index is 2.81. The quantitative estimate of drug-likeness (QED) is 0.158. The van der Waals surface area contributed by atoms with E-state index in [1.54, 1.807) is 0 Å². The van der Waals surface area contributed by atoms with Crippen molar-refractivity contribution in [3.63, 3.8) is 0 Å². The Labute approximate surface area is 381 Å². The van der Waals surface area contributed by atoms with E-state index < -0.39 is 0 Å². The lowest BCUT2D eigenvalue weighted by atomic mass is 9.43. The van der Waals surface area contributed by atoms with Gasteiger partial charge in [0.1, 0.15) is 0 Å². The molecule has 0 saturated carbocycles. The first-order valence-corrected chi connectivity index (χ1v) is 23.6. The average Bonchev–Trinajstić information content (AvgIpc) is 3.74. The molecular formula is C61H59BN2. The van der Waals surface area contributed by atoms with Crippen LogP contribution >= 0.6 is 0 Å². The van der Waals surface area contributed by atoms with Gasteiger partial charge < -0.3 is 9.38 Å². The molecule has 0 saturated heterocycles. The first-order chi connectivity index (χ1) is 30.3. The smallest absolute Gasteiger partial charge is 0.333 e. The van der Waals surface area contributed by atoms with E-state index in [-0.39, 0.29) is 33.9 Å². The molecule has 4 aliphatic rings. The van der Waals surface area contributed by atoms with E-state index in [1.807, 2.05) is 0 Å². The summed E-state index contributed by atoms with van der Waals surface area (Å²) in [5.41, 5.74) is 26.4. The fourth-order valence-corrected chi connectivity index (χ4v) is 12.6. The van der Waals surface area contributed by atoms with Crippen molar-refractivity contribution in [3.8, 4) is 33.5 Å². The molecule has 3 heteroatoms. The van der Waals surface area contributed by atoms with Crippen LogP contribution < -0.4 is 15.8 Å². The van der Waals surface area contributed by atoms with Gasteiger partial charge in [0.15, 0.2) is 0 Å². The van der Waals surface area contributed by atoms with E-state index in [2.05, 4.69) is 232 Å². The molecule has 64 heavy (non-hydrogen) atoms. The summed E-state index contributed by atoms with van der Waals surface area (Å²) in [7, 11) is 0. The van der Waals surface area contributed by atoms with Crippen LogP contribution in [0, 0.1) is 0 Å². The second-order valence-corrected chi connectivity index (χ2v) is 23.0. The number of para-hydroxylation sites is 1. The summed E-state index contributed by atoms with van der Waals surface area (Å²) in [5.74, 6) is 0. The van der Waals surface area contributed by atoms with Gasteiger partial charge in [-0.05, 0) is 102 Å². The van der Waals surface area contributed by atoms with Crippen LogP contribution in [0.2, 0.25) is 0 Å². The maximum Gasteiger partial charge on any atom is 0.333 e. The molecule has 3 heterocycles. The van der Waals surface area contributed by atoms with Crippen molar-refractivity contribution >= 4 is 45.7 Å². The molecule has 12 rings (SSSR count). The molecule has 7 aromatic carbocycles. The third kappa shape index (κ3) is 5.05. The molecular weight excluding hydrogens is 771 g/mol. The van der Waals surface area contributed by atoms with Crippen LogP contribution in [-0.2, 0) is 27.1 Å². The van der Waals surface area contributed by atoms with Gasteiger partial charge in [-0.15, -0.1) is 0 Å². The SMILES string of the molecule is CC(C)(C)c1ccc(N2c3cc4c(cc3B3c5c(cc(C(C)(C)C)cc52)-c2cccc5c6c(n3c25)-c2ccccc2C6(C)C)C(C)(C)c2ccccc2C4(C)C)c(-c2ccccc2)c1. The first-order valence-electron chi connectivity index (χ1n) is 23.6. The maximum absolute atomic E-state index is 2.81. The Bertz CT molecular complexity index is 3320. The van der Waals surface area contributed by atoms with Gasteiger partial charge in [-0.1, -0.05) is 198 Å². The lowest BCUT2D eigenvalue weighted by Crippen LogP contribution is -2.57. The fraction of sp³-hybridized carbons (Fsp3) is 0.279. The number of fused-ring (bicyclic) bond motifs is 11. The number of nitrogens with zero attached hydrogens (tertiary/aromatic N) is 2. The normalized spacial score (nSPS) is 16.8. The van der Waals surface area contributed by atoms with Gasteiger partial charge in [0.05, 0.1) is 5.69 Å². The van der Waals surface area contributed by atoms with Crippen LogP contribution in [-0.4, -0.2) is 11.3 Å². The highest BCUT2D eigenvalue weighted by Gasteiger charge is 2.51. The van der Waals surface area contributed by atoms with Gasteiger partial charge in [-0.2, -0.15) is 0 Å². The summed E-state index contributed by atoms with van der Waals surface area (Å²) >= 11 is 0. The number of anilines is 3. The predicted octanol–water partition coefficient (Wildman–Crippen LogP) is 14.6. The molecule has 0 unspecified atom stereocenters. The minimum absolute atomic E-state index is 0.0195. The summed E-state index contributed by atoms with van der Waals surface area (Å²) in [6, 6.07) is 54.5. The molecule has 0 spiro atoms. The Hall–Kier alpha value is -6.06. The third-order valence-electron chi connectivity index (χ3n) is 16.1. The Kier molecular flexibility index (Phi) is 7.78. The number of rotatable bonds is 2. The van der Waals surface area contributed by atoms with Gasteiger partial charge in [0.2, 0.25) is 0 Å². The fourth-order valence-electron chi connectivity index (χ4n) is 12.6. The molecule has 0 atom stereocenters. The second-order valence-electron chi connectivity index (χ2n) is 23.0. The zero-order valence-corrected chi connectivity index (χ0v) is 39.8. The monoisotopic (exact) mass is 830 g/mol. The van der Waals surface area contributed by atoms with Crippen LogP contribution in [0.4, 0.5) is 17.1 Å². The van der Waals surface area contributed by atoms with Crippen LogP contribution in [0.15, 0.2) is 140 Å². The van der Waals surface area contributed by atoms with E-state index in [0.717, 1.165) is 0 Å². The number of hydrogen-bond donors (Lipinski definition) is 0. The van der Waals surface area contributed by atoms with E-state index in [0.29, 0.717) is 0 Å². The number of aromatic nitrogens is 1. The van der Waals surface area contributed by atoms with Crippen molar-refractivity contribution in [1.82, 2.24) is 4.48 Å². The Morgan fingerprint density at radius 3 is 1.70 bits per heavy atom. The summed E-state index contributed by atoms with van der Waals surface area (Å²) < 4.78 is 2.81. The van der Waals surface area contributed by atoms with Crippen molar-refractivity contribution in [2.75, 3.05) is 4.90 Å². The highest BCUT2D eigenvalue weighted by atomic mass is 15.2. The third-order valence-corrected chi connectivity index (χ3v) is 16.1.